The van der Waals surface area contributed by atoms with Gasteiger partial charge in [-0.2, -0.15) is 13.2 Å². The summed E-state index contributed by atoms with van der Waals surface area (Å²) < 4.78 is 65.2. The maximum absolute atomic E-state index is 12.6. The maximum Gasteiger partial charge on any atom is 0.498 e. The largest absolute Gasteiger partial charge is 0.498 e. The van der Waals surface area contributed by atoms with Crippen molar-refractivity contribution in [3.63, 3.8) is 0 Å². The number of esters is 1. The molecule has 0 heterocycles. The highest BCUT2D eigenvalue weighted by Crippen LogP contribution is 2.30. The summed E-state index contributed by atoms with van der Waals surface area (Å²) in [7, 11) is -5.60. The molecule has 118 valence electrons. The van der Waals surface area contributed by atoms with Gasteiger partial charge in [0.2, 0.25) is 0 Å². The molecule has 0 unspecified atom stereocenters. The van der Waals surface area contributed by atoms with Crippen LogP contribution < -0.4 is 0 Å². The zero-order chi connectivity index (χ0) is 16.1. The summed E-state index contributed by atoms with van der Waals surface area (Å²) in [6.07, 6.45) is -0.454. The van der Waals surface area contributed by atoms with Crippen LogP contribution in [0, 0.1) is 0 Å². The van der Waals surface area contributed by atoms with E-state index >= 15 is 0 Å². The molecule has 4 nitrogen and oxygen atoms in total. The Balaban J connectivity index is 2.96. The van der Waals surface area contributed by atoms with Gasteiger partial charge in [0.1, 0.15) is 0 Å². The highest BCUT2D eigenvalue weighted by atomic mass is 32.2. The fraction of sp³-hybridized carbons (Fsp3) is 0.462. The van der Waals surface area contributed by atoms with E-state index in [4.69, 9.17) is 0 Å². The van der Waals surface area contributed by atoms with Crippen LogP contribution in [0.1, 0.15) is 18.9 Å². The Morgan fingerprint density at radius 1 is 1.24 bits per heavy atom. The molecule has 1 rings (SSSR count). The third-order valence-corrected chi connectivity index (χ3v) is 4.61. The molecule has 0 bridgehead atoms. The van der Waals surface area contributed by atoms with Gasteiger partial charge < -0.3 is 4.74 Å². The van der Waals surface area contributed by atoms with E-state index in [2.05, 4.69) is 4.74 Å². The van der Waals surface area contributed by atoms with Crippen molar-refractivity contribution in [3.8, 4) is 0 Å². The molecule has 0 amide bonds. The molecule has 0 aromatic heterocycles. The van der Waals surface area contributed by atoms with Gasteiger partial charge in [0.05, 0.1) is 6.61 Å². The number of sulfone groups is 1. The van der Waals surface area contributed by atoms with E-state index < -0.39 is 33.0 Å². The minimum atomic E-state index is -5.60. The SMILES string of the molecule is CCOC(=O)[C@@H](CCc1ccccc1)S(=O)(=O)C(F)(F)F. The Hall–Kier alpha value is -1.57. The van der Waals surface area contributed by atoms with Crippen LogP contribution in [0.15, 0.2) is 30.3 Å². The molecule has 0 aliphatic heterocycles. The van der Waals surface area contributed by atoms with Crippen molar-refractivity contribution >= 4 is 15.8 Å². The lowest BCUT2D eigenvalue weighted by Gasteiger charge is -2.17. The highest BCUT2D eigenvalue weighted by Gasteiger charge is 2.53. The highest BCUT2D eigenvalue weighted by molar-refractivity contribution is 7.93. The summed E-state index contributed by atoms with van der Waals surface area (Å²) in [4.78, 5) is 11.6. The number of carbonyl (C=O) groups excluding carboxylic acids is 1. The topological polar surface area (TPSA) is 60.4 Å². The predicted octanol–water partition coefficient (Wildman–Crippen LogP) is 2.49. The van der Waals surface area contributed by atoms with Gasteiger partial charge >= 0.3 is 11.5 Å². The van der Waals surface area contributed by atoms with Gasteiger partial charge in [-0.1, -0.05) is 30.3 Å². The molecule has 0 saturated heterocycles. The first kappa shape index (κ1) is 17.5. The monoisotopic (exact) mass is 324 g/mol. The predicted molar refractivity (Wildman–Crippen MR) is 70.2 cm³/mol. The molecule has 0 N–H and O–H groups in total. The quantitative estimate of drug-likeness (QED) is 0.754. The van der Waals surface area contributed by atoms with Crippen LogP contribution in [0.2, 0.25) is 0 Å². The Labute approximate surface area is 120 Å². The summed E-state index contributed by atoms with van der Waals surface area (Å²) in [5.41, 5.74) is -4.84. The van der Waals surface area contributed by atoms with Crippen LogP contribution in [0.4, 0.5) is 13.2 Å². The zero-order valence-corrected chi connectivity index (χ0v) is 12.1. The molecule has 0 fully saturated rings. The number of rotatable bonds is 6. The van der Waals surface area contributed by atoms with Crippen molar-refractivity contribution in [2.24, 2.45) is 0 Å². The number of benzene rings is 1. The van der Waals surface area contributed by atoms with E-state index in [0.717, 1.165) is 0 Å². The second kappa shape index (κ2) is 6.93. The lowest BCUT2D eigenvalue weighted by molar-refractivity contribution is -0.143. The van der Waals surface area contributed by atoms with Crippen molar-refractivity contribution in [3.05, 3.63) is 35.9 Å². The van der Waals surface area contributed by atoms with E-state index in [0.29, 0.717) is 5.56 Å². The van der Waals surface area contributed by atoms with Crippen LogP contribution >= 0.6 is 0 Å². The first-order valence-corrected chi connectivity index (χ1v) is 7.75. The first-order valence-electron chi connectivity index (χ1n) is 6.21. The summed E-state index contributed by atoms with van der Waals surface area (Å²) in [6, 6.07) is 8.35. The normalized spacial score (nSPS) is 13.7. The molecule has 1 aromatic carbocycles. The van der Waals surface area contributed by atoms with Crippen molar-refractivity contribution in [2.45, 2.75) is 30.5 Å². The first-order chi connectivity index (χ1) is 9.70. The van der Waals surface area contributed by atoms with E-state index in [-0.39, 0.29) is 13.0 Å². The molecule has 0 radical (unpaired) electrons. The third kappa shape index (κ3) is 4.45. The van der Waals surface area contributed by atoms with Gasteiger partial charge in [-0.3, -0.25) is 4.79 Å². The Morgan fingerprint density at radius 2 is 1.81 bits per heavy atom. The zero-order valence-electron chi connectivity index (χ0n) is 11.3. The average molecular weight is 324 g/mol. The standard InChI is InChI=1S/C13H15F3O4S/c1-2-20-12(17)11(21(18,19)13(14,15)16)9-8-10-6-4-3-5-7-10/h3-7,11H,2,8-9H2,1H3/t11-/m1/s1. The number of hydrogen-bond acceptors (Lipinski definition) is 4. The number of halogens is 3. The van der Waals surface area contributed by atoms with Gasteiger partial charge in [0.25, 0.3) is 9.84 Å². The number of alkyl halides is 3. The summed E-state index contributed by atoms with van der Waals surface area (Å²) >= 11 is 0. The second-order valence-corrected chi connectivity index (χ2v) is 6.38. The van der Waals surface area contributed by atoms with Gasteiger partial charge in [-0.15, -0.1) is 0 Å². The van der Waals surface area contributed by atoms with Crippen molar-refractivity contribution < 1.29 is 31.1 Å². The molecule has 0 saturated carbocycles. The Kier molecular flexibility index (Phi) is 5.77. The van der Waals surface area contributed by atoms with Crippen molar-refractivity contribution in [1.29, 1.82) is 0 Å². The minimum absolute atomic E-state index is 0.0274. The van der Waals surface area contributed by atoms with Crippen LogP contribution in [-0.4, -0.2) is 31.8 Å². The molecule has 0 aliphatic rings. The van der Waals surface area contributed by atoms with Gasteiger partial charge in [0.15, 0.2) is 5.25 Å². The molecule has 1 aromatic rings. The molecule has 0 spiro atoms. The smallest absolute Gasteiger partial charge is 0.465 e. The molecular weight excluding hydrogens is 309 g/mol. The number of aryl methyl sites for hydroxylation is 1. The Bertz CT molecular complexity index is 567. The average Bonchev–Trinajstić information content (AvgIpc) is 2.39. The lowest BCUT2D eigenvalue weighted by atomic mass is 10.1. The van der Waals surface area contributed by atoms with Crippen LogP contribution in [0.25, 0.3) is 0 Å². The third-order valence-electron chi connectivity index (χ3n) is 2.78. The second-order valence-electron chi connectivity index (χ2n) is 4.26. The number of hydrogen-bond donors (Lipinski definition) is 0. The summed E-state index contributed by atoms with van der Waals surface area (Å²) in [5, 5.41) is -2.24. The number of ether oxygens (including phenoxy) is 1. The summed E-state index contributed by atoms with van der Waals surface area (Å²) in [5.74, 6) is -1.37. The molecule has 0 aliphatic carbocycles. The van der Waals surface area contributed by atoms with Crippen LogP contribution in [0.3, 0.4) is 0 Å². The van der Waals surface area contributed by atoms with E-state index in [1.165, 1.54) is 6.92 Å². The van der Waals surface area contributed by atoms with E-state index in [1.807, 2.05) is 0 Å². The Morgan fingerprint density at radius 3 is 2.29 bits per heavy atom. The van der Waals surface area contributed by atoms with E-state index in [9.17, 15) is 26.4 Å². The van der Waals surface area contributed by atoms with Gasteiger partial charge in [-0.25, -0.2) is 8.42 Å². The fourth-order valence-electron chi connectivity index (χ4n) is 1.74. The number of carbonyl (C=O) groups is 1. The van der Waals surface area contributed by atoms with Crippen molar-refractivity contribution in [2.75, 3.05) is 6.61 Å². The molecule has 8 heteroatoms. The molecule has 21 heavy (non-hydrogen) atoms. The lowest BCUT2D eigenvalue weighted by Crippen LogP contribution is -2.40. The van der Waals surface area contributed by atoms with Crippen molar-refractivity contribution in [1.82, 2.24) is 0 Å². The minimum Gasteiger partial charge on any atom is -0.465 e. The fourth-order valence-corrected chi connectivity index (χ4v) is 2.81. The van der Waals surface area contributed by atoms with Crippen LogP contribution in [0.5, 0.6) is 0 Å². The van der Waals surface area contributed by atoms with E-state index in [1.54, 1.807) is 30.3 Å². The van der Waals surface area contributed by atoms with Gasteiger partial charge in [0, 0.05) is 0 Å². The summed E-state index contributed by atoms with van der Waals surface area (Å²) in [6.45, 7) is 1.21. The maximum atomic E-state index is 12.6. The van der Waals surface area contributed by atoms with Gasteiger partial charge in [-0.05, 0) is 25.3 Å². The molecular formula is C13H15F3O4S. The van der Waals surface area contributed by atoms with Crippen LogP contribution in [-0.2, 0) is 25.8 Å². The molecule has 1 atom stereocenters.